The monoisotopic (exact) mass is 347 g/mol. The van der Waals surface area contributed by atoms with E-state index in [0.717, 1.165) is 29.4 Å². The van der Waals surface area contributed by atoms with E-state index in [0.29, 0.717) is 5.92 Å². The number of hydrogen-bond acceptors (Lipinski definition) is 1. The quantitative estimate of drug-likeness (QED) is 0.805. The second-order valence-corrected chi connectivity index (χ2v) is 6.47. The highest BCUT2D eigenvalue weighted by molar-refractivity contribution is 9.10. The first kappa shape index (κ1) is 14.7. The zero-order valence-corrected chi connectivity index (χ0v) is 13.7. The Labute approximate surface area is 133 Å². The fraction of sp³-hybridized carbons (Fsp3) is 0.333. The Balaban J connectivity index is 1.81. The van der Waals surface area contributed by atoms with Gasteiger partial charge in [0.05, 0.1) is 0 Å². The summed E-state index contributed by atoms with van der Waals surface area (Å²) in [4.78, 5) is 0. The average Bonchev–Trinajstić information content (AvgIpc) is 2.46. The molecular formula is C18H19BrFN. The Morgan fingerprint density at radius 1 is 1.29 bits per heavy atom. The van der Waals surface area contributed by atoms with Crippen LogP contribution < -0.4 is 5.32 Å². The molecule has 0 bridgehead atoms. The zero-order valence-electron chi connectivity index (χ0n) is 12.1. The normalized spacial score (nSPS) is 18.0. The first-order valence-corrected chi connectivity index (χ1v) is 8.24. The third kappa shape index (κ3) is 3.04. The molecule has 0 heterocycles. The standard InChI is InChI=1S/C18H19BrFN/c1-2-21-18(16-11-14(20)7-8-17(16)19)10-13-9-12-5-3-4-6-15(12)13/h3-8,11,13,18,21H,2,9-10H2,1H3. The molecule has 110 valence electrons. The molecule has 21 heavy (non-hydrogen) atoms. The van der Waals surface area contributed by atoms with Crippen LogP contribution in [0.1, 0.15) is 42.0 Å². The molecule has 3 heteroatoms. The topological polar surface area (TPSA) is 12.0 Å². The Hall–Kier alpha value is -1.19. The van der Waals surface area contributed by atoms with Crippen molar-refractivity contribution in [3.63, 3.8) is 0 Å². The molecule has 1 nitrogen and oxygen atoms in total. The largest absolute Gasteiger partial charge is 0.310 e. The lowest BCUT2D eigenvalue weighted by atomic mass is 9.74. The predicted molar refractivity (Wildman–Crippen MR) is 88.0 cm³/mol. The van der Waals surface area contributed by atoms with Gasteiger partial charge in [-0.3, -0.25) is 0 Å². The van der Waals surface area contributed by atoms with Crippen LogP contribution in [0, 0.1) is 5.82 Å². The van der Waals surface area contributed by atoms with E-state index in [4.69, 9.17) is 0 Å². The van der Waals surface area contributed by atoms with Gasteiger partial charge in [-0.1, -0.05) is 47.1 Å². The van der Waals surface area contributed by atoms with E-state index < -0.39 is 0 Å². The zero-order chi connectivity index (χ0) is 14.8. The van der Waals surface area contributed by atoms with E-state index in [1.807, 2.05) is 0 Å². The molecule has 3 rings (SSSR count). The van der Waals surface area contributed by atoms with Crippen molar-refractivity contribution in [3.8, 4) is 0 Å². The van der Waals surface area contributed by atoms with E-state index >= 15 is 0 Å². The molecule has 2 aromatic rings. The number of fused-ring (bicyclic) bond motifs is 1. The maximum absolute atomic E-state index is 13.6. The first-order chi connectivity index (χ1) is 10.2. The van der Waals surface area contributed by atoms with Crippen molar-refractivity contribution in [1.82, 2.24) is 5.32 Å². The van der Waals surface area contributed by atoms with Gasteiger partial charge in [0.1, 0.15) is 5.82 Å². The van der Waals surface area contributed by atoms with Crippen LogP contribution in [0.3, 0.4) is 0 Å². The van der Waals surface area contributed by atoms with Crippen LogP contribution in [-0.2, 0) is 6.42 Å². The van der Waals surface area contributed by atoms with Crippen molar-refractivity contribution < 1.29 is 4.39 Å². The number of hydrogen-bond donors (Lipinski definition) is 1. The van der Waals surface area contributed by atoms with Gasteiger partial charge >= 0.3 is 0 Å². The van der Waals surface area contributed by atoms with Crippen molar-refractivity contribution in [2.45, 2.75) is 31.7 Å². The van der Waals surface area contributed by atoms with E-state index in [9.17, 15) is 4.39 Å². The lowest BCUT2D eigenvalue weighted by Crippen LogP contribution is -2.27. The maximum atomic E-state index is 13.6. The molecule has 0 fully saturated rings. The summed E-state index contributed by atoms with van der Waals surface area (Å²) in [7, 11) is 0. The highest BCUT2D eigenvalue weighted by Crippen LogP contribution is 2.41. The summed E-state index contributed by atoms with van der Waals surface area (Å²) in [6.07, 6.45) is 2.14. The Bertz CT molecular complexity index is 641. The van der Waals surface area contributed by atoms with Crippen LogP contribution in [-0.4, -0.2) is 6.54 Å². The highest BCUT2D eigenvalue weighted by atomic mass is 79.9. The summed E-state index contributed by atoms with van der Waals surface area (Å²) in [6.45, 7) is 2.97. The van der Waals surface area contributed by atoms with Gasteiger partial charge in [-0.15, -0.1) is 0 Å². The highest BCUT2D eigenvalue weighted by Gasteiger charge is 2.29. The summed E-state index contributed by atoms with van der Waals surface area (Å²) >= 11 is 3.56. The number of benzene rings is 2. The molecule has 0 spiro atoms. The minimum atomic E-state index is -0.176. The van der Waals surface area contributed by atoms with Gasteiger partial charge in [-0.2, -0.15) is 0 Å². The van der Waals surface area contributed by atoms with Gasteiger partial charge in [0.2, 0.25) is 0 Å². The number of rotatable bonds is 5. The van der Waals surface area contributed by atoms with E-state index in [-0.39, 0.29) is 11.9 Å². The molecule has 0 saturated carbocycles. The molecule has 2 unspecified atom stereocenters. The van der Waals surface area contributed by atoms with Crippen LogP contribution in [0.5, 0.6) is 0 Å². The Kier molecular flexibility index (Phi) is 4.41. The average molecular weight is 348 g/mol. The summed E-state index contributed by atoms with van der Waals surface area (Å²) < 4.78 is 14.5. The summed E-state index contributed by atoms with van der Waals surface area (Å²) in [5, 5.41) is 3.50. The van der Waals surface area contributed by atoms with Crippen molar-refractivity contribution in [2.75, 3.05) is 6.54 Å². The minimum absolute atomic E-state index is 0.176. The SMILES string of the molecule is CCNC(CC1Cc2ccccc21)c1cc(F)ccc1Br. The molecular weight excluding hydrogens is 329 g/mol. The van der Waals surface area contributed by atoms with Gasteiger partial charge in [0.25, 0.3) is 0 Å². The molecule has 0 radical (unpaired) electrons. The summed E-state index contributed by atoms with van der Waals surface area (Å²) in [5.41, 5.74) is 3.92. The fourth-order valence-electron chi connectivity index (χ4n) is 3.21. The maximum Gasteiger partial charge on any atom is 0.123 e. The molecule has 2 atom stereocenters. The number of nitrogens with one attached hydrogen (secondary N) is 1. The molecule has 2 aromatic carbocycles. The van der Waals surface area contributed by atoms with Crippen molar-refractivity contribution in [1.29, 1.82) is 0 Å². The molecule has 1 N–H and O–H groups in total. The second kappa shape index (κ2) is 6.29. The lowest BCUT2D eigenvalue weighted by Gasteiger charge is -2.33. The second-order valence-electron chi connectivity index (χ2n) is 5.61. The van der Waals surface area contributed by atoms with Crippen LogP contribution in [0.4, 0.5) is 4.39 Å². The predicted octanol–water partition coefficient (Wildman–Crippen LogP) is 4.97. The fourth-order valence-corrected chi connectivity index (χ4v) is 3.73. The van der Waals surface area contributed by atoms with Gasteiger partial charge in [0, 0.05) is 10.5 Å². The van der Waals surface area contributed by atoms with Gasteiger partial charge < -0.3 is 5.32 Å². The van der Waals surface area contributed by atoms with Crippen LogP contribution in [0.15, 0.2) is 46.9 Å². The van der Waals surface area contributed by atoms with E-state index in [1.54, 1.807) is 12.1 Å². The van der Waals surface area contributed by atoms with E-state index in [1.165, 1.54) is 17.2 Å². The van der Waals surface area contributed by atoms with Crippen molar-refractivity contribution in [3.05, 3.63) is 69.4 Å². The van der Waals surface area contributed by atoms with Crippen LogP contribution in [0.25, 0.3) is 0 Å². The Morgan fingerprint density at radius 2 is 2.10 bits per heavy atom. The van der Waals surface area contributed by atoms with Crippen LogP contribution in [0.2, 0.25) is 0 Å². The van der Waals surface area contributed by atoms with Gasteiger partial charge in [0.15, 0.2) is 0 Å². The molecule has 0 amide bonds. The molecule has 1 aliphatic carbocycles. The molecule has 0 aliphatic heterocycles. The molecule has 0 aromatic heterocycles. The first-order valence-electron chi connectivity index (χ1n) is 7.45. The smallest absolute Gasteiger partial charge is 0.123 e. The number of halogens is 2. The van der Waals surface area contributed by atoms with Crippen molar-refractivity contribution >= 4 is 15.9 Å². The Morgan fingerprint density at radius 3 is 2.86 bits per heavy atom. The summed E-state index contributed by atoms with van der Waals surface area (Å²) in [6, 6.07) is 13.7. The summed E-state index contributed by atoms with van der Waals surface area (Å²) in [5.74, 6) is 0.394. The van der Waals surface area contributed by atoms with Gasteiger partial charge in [-0.05, 0) is 60.2 Å². The molecule has 1 aliphatic rings. The third-order valence-corrected chi connectivity index (χ3v) is 4.99. The van der Waals surface area contributed by atoms with E-state index in [2.05, 4.69) is 52.4 Å². The minimum Gasteiger partial charge on any atom is -0.310 e. The lowest BCUT2D eigenvalue weighted by molar-refractivity contribution is 0.433. The van der Waals surface area contributed by atoms with Crippen LogP contribution >= 0.6 is 15.9 Å². The van der Waals surface area contributed by atoms with Crippen molar-refractivity contribution in [2.24, 2.45) is 0 Å². The third-order valence-electron chi connectivity index (χ3n) is 4.27. The van der Waals surface area contributed by atoms with Gasteiger partial charge in [-0.25, -0.2) is 4.39 Å². The molecule has 0 saturated heterocycles.